The van der Waals surface area contributed by atoms with Crippen LogP contribution in [0.5, 0.6) is 11.5 Å². The molecular formula is C20H13NO4. The van der Waals surface area contributed by atoms with Crippen LogP contribution in [0.1, 0.15) is 0 Å². The van der Waals surface area contributed by atoms with Crippen LogP contribution >= 0.6 is 0 Å². The number of pyridine rings is 1. The molecule has 0 bridgehead atoms. The number of methoxy groups -OCH3 is 2. The Labute approximate surface area is 141 Å². The highest BCUT2D eigenvalue weighted by atomic mass is 16.5. The number of fused-ring (bicyclic) bond motifs is 3. The van der Waals surface area contributed by atoms with E-state index in [1.54, 1.807) is 20.4 Å². The maximum absolute atomic E-state index is 12.6. The molecule has 25 heavy (non-hydrogen) atoms. The van der Waals surface area contributed by atoms with E-state index in [0.717, 1.165) is 26.9 Å². The fourth-order valence-corrected chi connectivity index (χ4v) is 3.92. The largest absolute Gasteiger partial charge is 0.493 e. The van der Waals surface area contributed by atoms with E-state index in [-0.39, 0.29) is 0 Å². The van der Waals surface area contributed by atoms with Crippen molar-refractivity contribution in [3.8, 4) is 17.2 Å². The van der Waals surface area contributed by atoms with Gasteiger partial charge in [0.05, 0.1) is 25.3 Å². The Bertz CT molecular complexity index is 1350. The first-order valence-electron chi connectivity index (χ1n) is 7.87. The third-order valence-corrected chi connectivity index (χ3v) is 4.92. The Hall–Kier alpha value is -3.34. The third kappa shape index (κ3) is 1.53. The van der Waals surface area contributed by atoms with E-state index in [9.17, 15) is 9.59 Å². The molecule has 0 aliphatic carbocycles. The highest BCUT2D eigenvalue weighted by molar-refractivity contribution is 6.27. The number of ether oxygens (including phenoxy) is 2. The van der Waals surface area contributed by atoms with Crippen LogP contribution in [-0.4, -0.2) is 18.8 Å². The molecule has 5 nitrogen and oxygen atoms in total. The predicted molar refractivity (Wildman–Crippen MR) is 97.5 cm³/mol. The van der Waals surface area contributed by atoms with E-state index < -0.39 is 11.0 Å². The van der Waals surface area contributed by atoms with Gasteiger partial charge in [-0.1, -0.05) is 24.3 Å². The van der Waals surface area contributed by atoms with Gasteiger partial charge in [0.1, 0.15) is 0 Å². The molecule has 0 spiro atoms. The van der Waals surface area contributed by atoms with Crippen molar-refractivity contribution < 1.29 is 9.47 Å². The molecule has 0 fully saturated rings. The van der Waals surface area contributed by atoms with Crippen LogP contribution in [0.25, 0.3) is 38.0 Å². The molecule has 0 saturated heterocycles. The summed E-state index contributed by atoms with van der Waals surface area (Å²) in [6, 6.07) is 11.3. The van der Waals surface area contributed by atoms with Crippen molar-refractivity contribution in [2.75, 3.05) is 14.2 Å². The number of nitrogens with zero attached hydrogens (tertiary/aromatic N) is 1. The van der Waals surface area contributed by atoms with Crippen LogP contribution < -0.4 is 20.5 Å². The molecule has 0 atom stereocenters. The number of benzene rings is 3. The number of hydrogen-bond acceptors (Lipinski definition) is 4. The van der Waals surface area contributed by atoms with E-state index in [4.69, 9.17) is 9.47 Å². The average Bonchev–Trinajstić information content (AvgIpc) is 2.91. The van der Waals surface area contributed by atoms with Gasteiger partial charge in [-0.3, -0.25) is 14.2 Å². The fraction of sp³-hybridized carbons (Fsp3) is 0.100. The summed E-state index contributed by atoms with van der Waals surface area (Å²) in [7, 11) is 3.19. The molecule has 3 aromatic rings. The molecule has 0 amide bonds. The molecule has 0 unspecified atom stereocenters. The quantitative estimate of drug-likeness (QED) is 0.283. The van der Waals surface area contributed by atoms with Gasteiger partial charge in [-0.15, -0.1) is 0 Å². The Kier molecular flexibility index (Phi) is 2.58. The van der Waals surface area contributed by atoms with Crippen molar-refractivity contribution in [1.82, 2.24) is 4.57 Å². The fourth-order valence-electron chi connectivity index (χ4n) is 3.92. The van der Waals surface area contributed by atoms with Crippen molar-refractivity contribution in [2.24, 2.45) is 0 Å². The van der Waals surface area contributed by atoms with Crippen LogP contribution in [0.3, 0.4) is 0 Å². The number of hydrogen-bond donors (Lipinski definition) is 0. The van der Waals surface area contributed by atoms with E-state index >= 15 is 0 Å². The molecule has 5 rings (SSSR count). The Morgan fingerprint density at radius 3 is 2.28 bits per heavy atom. The Morgan fingerprint density at radius 1 is 0.880 bits per heavy atom. The molecule has 0 N–H and O–H groups in total. The summed E-state index contributed by atoms with van der Waals surface area (Å²) < 4.78 is 12.6. The second-order valence-corrected chi connectivity index (χ2v) is 6.04. The van der Waals surface area contributed by atoms with Gasteiger partial charge >= 0.3 is 5.56 Å². The first-order valence-corrected chi connectivity index (χ1v) is 7.87. The zero-order chi connectivity index (χ0) is 17.3. The van der Waals surface area contributed by atoms with Crippen molar-refractivity contribution in [2.45, 2.75) is 0 Å². The van der Waals surface area contributed by atoms with Crippen molar-refractivity contribution in [1.29, 1.82) is 0 Å². The van der Waals surface area contributed by atoms with Gasteiger partial charge in [-0.2, -0.15) is 0 Å². The highest BCUT2D eigenvalue weighted by Gasteiger charge is 2.26. The zero-order valence-corrected chi connectivity index (χ0v) is 13.6. The first kappa shape index (κ1) is 14.0. The van der Waals surface area contributed by atoms with Crippen LogP contribution in [-0.2, 0) is 0 Å². The molecule has 0 saturated carbocycles. The van der Waals surface area contributed by atoms with E-state index in [1.165, 1.54) is 4.57 Å². The predicted octanol–water partition coefficient (Wildman–Crippen LogP) is 2.99. The van der Waals surface area contributed by atoms with Crippen molar-refractivity contribution in [3.63, 3.8) is 0 Å². The third-order valence-electron chi connectivity index (χ3n) is 4.92. The molecule has 5 heteroatoms. The van der Waals surface area contributed by atoms with Gasteiger partial charge in [0.25, 0.3) is 5.43 Å². The number of rotatable bonds is 2. The average molecular weight is 331 g/mol. The Morgan fingerprint density at radius 2 is 1.60 bits per heavy atom. The second-order valence-electron chi connectivity index (χ2n) is 6.04. The summed E-state index contributed by atoms with van der Waals surface area (Å²) in [5.74, 6) is 1.21. The van der Waals surface area contributed by atoms with Crippen LogP contribution in [0.2, 0.25) is 0 Å². The van der Waals surface area contributed by atoms with E-state index in [2.05, 4.69) is 0 Å². The minimum Gasteiger partial charge on any atom is -0.493 e. The lowest BCUT2D eigenvalue weighted by Gasteiger charge is -2.19. The van der Waals surface area contributed by atoms with E-state index in [1.807, 2.05) is 36.4 Å². The monoisotopic (exact) mass is 331 g/mol. The smallest absolute Gasteiger partial charge is 0.303 e. The SMILES string of the molecule is COc1cc2ccn3c(=O)c(=O)c4c-3c2c(c1OC)c1ccccc41. The lowest BCUT2D eigenvalue weighted by atomic mass is 9.93. The lowest BCUT2D eigenvalue weighted by Crippen LogP contribution is -2.24. The molecule has 2 aliphatic heterocycles. The van der Waals surface area contributed by atoms with Gasteiger partial charge in [-0.05, 0) is 28.3 Å². The minimum absolute atomic E-state index is 0.464. The maximum atomic E-state index is 12.6. The Balaban J connectivity index is 2.28. The minimum atomic E-state index is -0.524. The topological polar surface area (TPSA) is 57.5 Å². The van der Waals surface area contributed by atoms with Crippen LogP contribution in [0.15, 0.2) is 52.2 Å². The van der Waals surface area contributed by atoms with Gasteiger partial charge in [0, 0.05) is 17.0 Å². The summed E-state index contributed by atoms with van der Waals surface area (Å²) in [5.41, 5.74) is -0.355. The zero-order valence-electron chi connectivity index (χ0n) is 13.6. The lowest BCUT2D eigenvalue weighted by molar-refractivity contribution is 0.359. The van der Waals surface area contributed by atoms with Crippen LogP contribution in [0, 0.1) is 0 Å². The summed E-state index contributed by atoms with van der Waals surface area (Å²) in [6.07, 6.45) is 1.65. The standard InChI is InChI=1S/C20H13NO4/c1-24-13-9-10-7-8-21-17-14(10)15(19(13)25-2)11-5-3-4-6-12(11)16(17)18(22)20(21)23/h3-9H,1-2H3. The number of aromatic nitrogens is 1. The molecule has 0 radical (unpaired) electrons. The van der Waals surface area contributed by atoms with Gasteiger partial charge in [0.15, 0.2) is 11.5 Å². The van der Waals surface area contributed by atoms with Gasteiger partial charge in [0.2, 0.25) is 0 Å². The summed E-state index contributed by atoms with van der Waals surface area (Å²) in [6.45, 7) is 0. The van der Waals surface area contributed by atoms with Gasteiger partial charge in [-0.25, -0.2) is 0 Å². The highest BCUT2D eigenvalue weighted by Crippen LogP contribution is 2.46. The maximum Gasteiger partial charge on any atom is 0.303 e. The van der Waals surface area contributed by atoms with Gasteiger partial charge < -0.3 is 9.47 Å². The molecule has 2 heterocycles. The second kappa shape index (κ2) is 4.60. The van der Waals surface area contributed by atoms with Crippen LogP contribution in [0.4, 0.5) is 0 Å². The van der Waals surface area contributed by atoms with Crippen molar-refractivity contribution in [3.05, 3.63) is 63.2 Å². The van der Waals surface area contributed by atoms with Crippen molar-refractivity contribution >= 4 is 32.3 Å². The molecular weight excluding hydrogens is 318 g/mol. The molecule has 0 aromatic heterocycles. The first-order chi connectivity index (χ1) is 12.2. The molecule has 2 aliphatic rings. The summed E-state index contributed by atoms with van der Waals surface area (Å²) >= 11 is 0. The van der Waals surface area contributed by atoms with E-state index in [0.29, 0.717) is 22.6 Å². The summed E-state index contributed by atoms with van der Waals surface area (Å²) in [4.78, 5) is 25.1. The normalized spacial score (nSPS) is 11.9. The molecule has 122 valence electrons. The summed E-state index contributed by atoms with van der Waals surface area (Å²) in [5, 5.41) is 4.67. The molecule has 3 aromatic carbocycles.